The molecule has 0 fully saturated rings. The number of ether oxygens (including phenoxy) is 3. The third-order valence-electron chi connectivity index (χ3n) is 5.48. The number of carbonyl (C=O) groups excluding carboxylic acids is 2. The largest absolute Gasteiger partial charge is 0.493 e. The van der Waals surface area contributed by atoms with Gasteiger partial charge in [0.25, 0.3) is 5.91 Å². The Morgan fingerprint density at radius 1 is 0.974 bits per heavy atom. The van der Waals surface area contributed by atoms with Gasteiger partial charge in [0.2, 0.25) is 0 Å². The fraction of sp³-hybridized carbons (Fsp3) is 0.100. The molecule has 3 aromatic carbocycles. The average molecular weight is 587 g/mol. The number of carbonyl (C=O) groups is 2. The molecule has 0 saturated carbocycles. The van der Waals surface area contributed by atoms with Crippen LogP contribution in [0.5, 0.6) is 17.2 Å². The third-order valence-corrected chi connectivity index (χ3v) is 6.10. The van der Waals surface area contributed by atoms with E-state index in [-0.39, 0.29) is 30.2 Å². The lowest BCUT2D eigenvalue weighted by Gasteiger charge is -2.12. The summed E-state index contributed by atoms with van der Waals surface area (Å²) in [6.45, 7) is -0.179. The number of rotatable bonds is 10. The molecule has 0 aliphatic rings. The zero-order chi connectivity index (χ0) is 27.6. The maximum Gasteiger partial charge on any atom is 0.349 e. The SMILES string of the molecule is COc1cc(/C=C(\C#N)C(=O)NCc2ccco2)ccc1OC(=O)COc1ccc(-c2ccccc2)cc1Br. The maximum absolute atomic E-state index is 12.5. The Morgan fingerprint density at radius 3 is 2.46 bits per heavy atom. The standard InChI is InChI=1S/C30H23BrN2O6/c1-36-28-15-20(14-23(17-32)30(35)33-18-24-8-5-13-37-24)9-11-27(28)39-29(34)19-38-26-12-10-22(16-25(26)31)21-6-3-2-4-7-21/h2-16H,18-19H2,1H3,(H,33,35)/b23-14+. The van der Waals surface area contributed by atoms with E-state index >= 15 is 0 Å². The number of benzene rings is 3. The molecule has 0 aliphatic carbocycles. The molecule has 0 atom stereocenters. The molecule has 8 nitrogen and oxygen atoms in total. The van der Waals surface area contributed by atoms with Crippen LogP contribution in [-0.2, 0) is 16.1 Å². The molecule has 1 aromatic heterocycles. The van der Waals surface area contributed by atoms with Gasteiger partial charge in [0.1, 0.15) is 23.2 Å². The van der Waals surface area contributed by atoms with Crippen LogP contribution in [0.25, 0.3) is 17.2 Å². The molecule has 196 valence electrons. The van der Waals surface area contributed by atoms with Crippen molar-refractivity contribution in [1.82, 2.24) is 5.32 Å². The van der Waals surface area contributed by atoms with Crippen molar-refractivity contribution in [1.29, 1.82) is 5.26 Å². The number of hydrogen-bond donors (Lipinski definition) is 1. The van der Waals surface area contributed by atoms with Gasteiger partial charge in [-0.2, -0.15) is 5.26 Å². The minimum absolute atomic E-state index is 0.106. The molecule has 0 aliphatic heterocycles. The Hall–Kier alpha value is -4.81. The van der Waals surface area contributed by atoms with Crippen LogP contribution >= 0.6 is 15.9 Å². The van der Waals surface area contributed by atoms with Gasteiger partial charge in [-0.3, -0.25) is 4.79 Å². The van der Waals surface area contributed by atoms with Crippen molar-refractivity contribution in [3.05, 3.63) is 106 Å². The van der Waals surface area contributed by atoms with Crippen LogP contribution in [0.4, 0.5) is 0 Å². The molecule has 1 N–H and O–H groups in total. The van der Waals surface area contributed by atoms with E-state index in [1.165, 1.54) is 25.5 Å². The average Bonchev–Trinajstić information content (AvgIpc) is 3.49. The van der Waals surface area contributed by atoms with E-state index in [0.717, 1.165) is 11.1 Å². The van der Waals surface area contributed by atoms with E-state index in [2.05, 4.69) is 21.2 Å². The Bertz CT molecular complexity index is 1530. The van der Waals surface area contributed by atoms with E-state index in [9.17, 15) is 14.9 Å². The van der Waals surface area contributed by atoms with E-state index in [0.29, 0.717) is 21.5 Å². The first-order chi connectivity index (χ1) is 19.0. The van der Waals surface area contributed by atoms with E-state index in [1.807, 2.05) is 48.5 Å². The zero-order valence-corrected chi connectivity index (χ0v) is 22.4. The number of methoxy groups -OCH3 is 1. The fourth-order valence-electron chi connectivity index (χ4n) is 3.57. The minimum atomic E-state index is -0.634. The second kappa shape index (κ2) is 13.1. The predicted molar refractivity (Wildman–Crippen MR) is 148 cm³/mol. The van der Waals surface area contributed by atoms with Gasteiger partial charge in [-0.05, 0) is 75.1 Å². The van der Waals surface area contributed by atoms with Crippen molar-refractivity contribution in [2.45, 2.75) is 6.54 Å². The summed E-state index contributed by atoms with van der Waals surface area (Å²) >= 11 is 3.49. The molecular formula is C30H23BrN2O6. The van der Waals surface area contributed by atoms with Gasteiger partial charge in [0, 0.05) is 0 Å². The minimum Gasteiger partial charge on any atom is -0.493 e. The van der Waals surface area contributed by atoms with Crippen LogP contribution in [0.2, 0.25) is 0 Å². The summed E-state index contributed by atoms with van der Waals surface area (Å²) in [4.78, 5) is 24.9. The quantitative estimate of drug-likeness (QED) is 0.106. The summed E-state index contributed by atoms with van der Waals surface area (Å²) < 4.78 is 22.3. The van der Waals surface area contributed by atoms with Crippen LogP contribution < -0.4 is 19.5 Å². The number of furan rings is 1. The van der Waals surface area contributed by atoms with Crippen molar-refractivity contribution in [3.8, 4) is 34.4 Å². The molecule has 9 heteroatoms. The van der Waals surface area contributed by atoms with Gasteiger partial charge >= 0.3 is 5.97 Å². The summed E-state index contributed by atoms with van der Waals surface area (Å²) in [5.74, 6) is 0.290. The summed E-state index contributed by atoms with van der Waals surface area (Å²) in [7, 11) is 1.42. The molecule has 4 aromatic rings. The summed E-state index contributed by atoms with van der Waals surface area (Å²) in [5.41, 5.74) is 2.47. The van der Waals surface area contributed by atoms with Crippen LogP contribution in [-0.4, -0.2) is 25.6 Å². The first-order valence-corrected chi connectivity index (χ1v) is 12.5. The van der Waals surface area contributed by atoms with E-state index in [1.54, 1.807) is 30.3 Å². The molecule has 0 saturated heterocycles. The molecule has 1 amide bonds. The fourth-order valence-corrected chi connectivity index (χ4v) is 4.06. The van der Waals surface area contributed by atoms with Crippen molar-refractivity contribution in [2.24, 2.45) is 0 Å². The second-order valence-electron chi connectivity index (χ2n) is 8.12. The van der Waals surface area contributed by atoms with E-state index in [4.69, 9.17) is 18.6 Å². The Kier molecular flexibility index (Phi) is 9.16. The van der Waals surface area contributed by atoms with Gasteiger partial charge < -0.3 is 23.9 Å². The first kappa shape index (κ1) is 27.2. The van der Waals surface area contributed by atoms with Crippen molar-refractivity contribution < 1.29 is 28.2 Å². The lowest BCUT2D eigenvalue weighted by Crippen LogP contribution is -2.23. The number of amides is 1. The Labute approximate surface area is 233 Å². The maximum atomic E-state index is 12.5. The molecule has 39 heavy (non-hydrogen) atoms. The van der Waals surface area contributed by atoms with Gasteiger partial charge in [-0.15, -0.1) is 0 Å². The lowest BCUT2D eigenvalue weighted by atomic mass is 10.1. The predicted octanol–water partition coefficient (Wildman–Crippen LogP) is 5.93. The van der Waals surface area contributed by atoms with Gasteiger partial charge in [-0.1, -0.05) is 42.5 Å². The number of nitrogens with one attached hydrogen (secondary N) is 1. The van der Waals surface area contributed by atoms with Crippen molar-refractivity contribution in [2.75, 3.05) is 13.7 Å². The van der Waals surface area contributed by atoms with Crippen LogP contribution in [0.15, 0.2) is 99.6 Å². The molecular weight excluding hydrogens is 564 g/mol. The highest BCUT2D eigenvalue weighted by Crippen LogP contribution is 2.32. The van der Waals surface area contributed by atoms with Crippen molar-refractivity contribution in [3.63, 3.8) is 0 Å². The second-order valence-corrected chi connectivity index (χ2v) is 8.97. The highest BCUT2D eigenvalue weighted by atomic mass is 79.9. The lowest BCUT2D eigenvalue weighted by molar-refractivity contribution is -0.136. The summed E-state index contributed by atoms with van der Waals surface area (Å²) in [5, 5.41) is 12.1. The Morgan fingerprint density at radius 2 is 1.77 bits per heavy atom. The highest BCUT2D eigenvalue weighted by molar-refractivity contribution is 9.10. The zero-order valence-electron chi connectivity index (χ0n) is 20.8. The van der Waals surface area contributed by atoms with Gasteiger partial charge in [0.15, 0.2) is 18.1 Å². The normalized spacial score (nSPS) is 10.8. The Balaban J connectivity index is 1.37. The van der Waals surface area contributed by atoms with Gasteiger partial charge in [-0.25, -0.2) is 4.79 Å². The van der Waals surface area contributed by atoms with Crippen LogP contribution in [0.1, 0.15) is 11.3 Å². The molecule has 0 unspecified atom stereocenters. The third kappa shape index (κ3) is 7.37. The highest BCUT2D eigenvalue weighted by Gasteiger charge is 2.15. The molecule has 0 bridgehead atoms. The smallest absolute Gasteiger partial charge is 0.349 e. The first-order valence-electron chi connectivity index (χ1n) is 11.8. The summed E-state index contributed by atoms with van der Waals surface area (Å²) in [6, 6.07) is 25.5. The van der Waals surface area contributed by atoms with Crippen LogP contribution in [0.3, 0.4) is 0 Å². The molecule has 0 radical (unpaired) electrons. The molecule has 1 heterocycles. The van der Waals surface area contributed by atoms with Crippen LogP contribution in [0, 0.1) is 11.3 Å². The number of nitrogens with zero attached hydrogens (tertiary/aromatic N) is 1. The van der Waals surface area contributed by atoms with Gasteiger partial charge in [0.05, 0.1) is 24.4 Å². The number of hydrogen-bond acceptors (Lipinski definition) is 7. The molecule has 0 spiro atoms. The summed E-state index contributed by atoms with van der Waals surface area (Å²) in [6.07, 6.45) is 2.91. The van der Waals surface area contributed by atoms with Crippen molar-refractivity contribution >= 4 is 33.9 Å². The molecule has 4 rings (SSSR count). The number of halogens is 1. The number of esters is 1. The van der Waals surface area contributed by atoms with E-state index < -0.39 is 11.9 Å². The number of nitriles is 1. The topological polar surface area (TPSA) is 111 Å². The monoisotopic (exact) mass is 586 g/mol.